The zero-order chi connectivity index (χ0) is 13.7. The summed E-state index contributed by atoms with van der Waals surface area (Å²) in [6.45, 7) is 2.69. The van der Waals surface area contributed by atoms with Crippen LogP contribution in [-0.4, -0.2) is 7.11 Å². The number of methoxy groups -OCH3 is 1. The summed E-state index contributed by atoms with van der Waals surface area (Å²) in [5.74, 6) is 1.72. The highest BCUT2D eigenvalue weighted by Gasteiger charge is 2.02. The number of hydrogen-bond acceptors (Lipinski definition) is 2. The van der Waals surface area contributed by atoms with E-state index in [1.165, 1.54) is 5.56 Å². The van der Waals surface area contributed by atoms with Gasteiger partial charge in [0.25, 0.3) is 0 Å². The Kier molecular flexibility index (Phi) is 4.86. The Balaban J connectivity index is 1.99. The molecular formula is C16H17BrO2. The third kappa shape index (κ3) is 3.74. The number of hydrogen-bond donors (Lipinski definition) is 0. The Bertz CT molecular complexity index is 535. The first kappa shape index (κ1) is 13.9. The van der Waals surface area contributed by atoms with Crippen molar-refractivity contribution in [3.8, 4) is 11.5 Å². The zero-order valence-electron chi connectivity index (χ0n) is 11.2. The quantitative estimate of drug-likeness (QED) is 0.801. The molecule has 0 spiro atoms. The van der Waals surface area contributed by atoms with Gasteiger partial charge in [-0.15, -0.1) is 0 Å². The predicted molar refractivity (Wildman–Crippen MR) is 80.8 cm³/mol. The largest absolute Gasteiger partial charge is 0.496 e. The lowest BCUT2D eigenvalue weighted by atomic mass is 10.2. The molecule has 2 rings (SSSR count). The second-order valence-corrected chi connectivity index (χ2v) is 5.11. The molecule has 3 heteroatoms. The van der Waals surface area contributed by atoms with Gasteiger partial charge in [0.15, 0.2) is 0 Å². The van der Waals surface area contributed by atoms with Crippen molar-refractivity contribution in [3.05, 3.63) is 58.1 Å². The van der Waals surface area contributed by atoms with Crippen molar-refractivity contribution in [1.29, 1.82) is 0 Å². The third-order valence-electron chi connectivity index (χ3n) is 2.95. The van der Waals surface area contributed by atoms with Crippen LogP contribution in [0.25, 0.3) is 0 Å². The number of ether oxygens (including phenoxy) is 2. The molecule has 0 radical (unpaired) electrons. The molecule has 0 unspecified atom stereocenters. The standard InChI is InChI=1S/C16H17BrO2/c1-3-12-4-7-14(8-5-12)19-11-13-6-9-16(18-2)15(17)10-13/h4-10H,3,11H2,1-2H3. The van der Waals surface area contributed by atoms with E-state index in [-0.39, 0.29) is 0 Å². The Morgan fingerprint density at radius 1 is 1.00 bits per heavy atom. The Hall–Kier alpha value is -1.48. The fraction of sp³-hybridized carbons (Fsp3) is 0.250. The molecule has 0 fully saturated rings. The Labute approximate surface area is 122 Å². The average molecular weight is 321 g/mol. The summed E-state index contributed by atoms with van der Waals surface area (Å²) in [5, 5.41) is 0. The van der Waals surface area contributed by atoms with E-state index in [4.69, 9.17) is 9.47 Å². The zero-order valence-corrected chi connectivity index (χ0v) is 12.7. The summed E-state index contributed by atoms with van der Waals surface area (Å²) in [5.41, 5.74) is 2.42. The molecule has 2 aromatic carbocycles. The topological polar surface area (TPSA) is 18.5 Å². The van der Waals surface area contributed by atoms with Crippen molar-refractivity contribution < 1.29 is 9.47 Å². The SMILES string of the molecule is CCc1ccc(OCc2ccc(OC)c(Br)c2)cc1. The third-order valence-corrected chi connectivity index (χ3v) is 3.57. The molecule has 0 bridgehead atoms. The highest BCUT2D eigenvalue weighted by atomic mass is 79.9. The van der Waals surface area contributed by atoms with E-state index in [0.29, 0.717) is 6.61 Å². The summed E-state index contributed by atoms with van der Waals surface area (Å²) < 4.78 is 11.9. The molecule has 0 atom stereocenters. The summed E-state index contributed by atoms with van der Waals surface area (Å²) in [4.78, 5) is 0. The van der Waals surface area contributed by atoms with Crippen LogP contribution in [0.5, 0.6) is 11.5 Å². The first-order chi connectivity index (χ1) is 9.22. The molecule has 100 valence electrons. The Morgan fingerprint density at radius 3 is 2.26 bits per heavy atom. The van der Waals surface area contributed by atoms with Gasteiger partial charge in [-0.1, -0.05) is 25.1 Å². The fourth-order valence-corrected chi connectivity index (χ4v) is 2.38. The number of benzene rings is 2. The van der Waals surface area contributed by atoms with Crippen LogP contribution in [0.1, 0.15) is 18.1 Å². The smallest absolute Gasteiger partial charge is 0.133 e. The van der Waals surface area contributed by atoms with Gasteiger partial charge in [0, 0.05) is 0 Å². The lowest BCUT2D eigenvalue weighted by Gasteiger charge is -2.09. The molecule has 19 heavy (non-hydrogen) atoms. The second kappa shape index (κ2) is 6.62. The van der Waals surface area contributed by atoms with Crippen molar-refractivity contribution in [3.63, 3.8) is 0 Å². The minimum atomic E-state index is 0.550. The van der Waals surface area contributed by atoms with Gasteiger partial charge in [-0.05, 0) is 57.7 Å². The van der Waals surface area contributed by atoms with E-state index in [9.17, 15) is 0 Å². The fourth-order valence-electron chi connectivity index (χ4n) is 1.79. The summed E-state index contributed by atoms with van der Waals surface area (Å²) >= 11 is 3.47. The molecule has 0 aliphatic carbocycles. The van der Waals surface area contributed by atoms with Crippen molar-refractivity contribution in [1.82, 2.24) is 0 Å². The van der Waals surface area contributed by atoms with Crippen LogP contribution >= 0.6 is 15.9 Å². The minimum absolute atomic E-state index is 0.550. The molecule has 0 aliphatic heterocycles. The van der Waals surface area contributed by atoms with Crippen LogP contribution in [0, 0.1) is 0 Å². The molecule has 2 nitrogen and oxygen atoms in total. The van der Waals surface area contributed by atoms with Gasteiger partial charge >= 0.3 is 0 Å². The van der Waals surface area contributed by atoms with Gasteiger partial charge in [0.05, 0.1) is 11.6 Å². The van der Waals surface area contributed by atoms with E-state index < -0.39 is 0 Å². The van der Waals surface area contributed by atoms with Gasteiger partial charge in [0.2, 0.25) is 0 Å². The van der Waals surface area contributed by atoms with Crippen LogP contribution in [-0.2, 0) is 13.0 Å². The van der Waals surface area contributed by atoms with Gasteiger partial charge in [-0.3, -0.25) is 0 Å². The normalized spacial score (nSPS) is 10.3. The highest BCUT2D eigenvalue weighted by Crippen LogP contribution is 2.26. The van der Waals surface area contributed by atoms with E-state index in [1.54, 1.807) is 7.11 Å². The van der Waals surface area contributed by atoms with Crippen molar-refractivity contribution in [2.45, 2.75) is 20.0 Å². The maximum Gasteiger partial charge on any atom is 0.133 e. The molecule has 0 saturated heterocycles. The minimum Gasteiger partial charge on any atom is -0.496 e. The molecule has 2 aromatic rings. The van der Waals surface area contributed by atoms with E-state index in [2.05, 4.69) is 35.0 Å². The molecule has 0 amide bonds. The number of rotatable bonds is 5. The van der Waals surface area contributed by atoms with Gasteiger partial charge < -0.3 is 9.47 Å². The van der Waals surface area contributed by atoms with Gasteiger partial charge in [-0.25, -0.2) is 0 Å². The van der Waals surface area contributed by atoms with Crippen molar-refractivity contribution in [2.75, 3.05) is 7.11 Å². The van der Waals surface area contributed by atoms with Crippen LogP contribution in [0.2, 0.25) is 0 Å². The summed E-state index contributed by atoms with van der Waals surface area (Å²) in [6.07, 6.45) is 1.05. The van der Waals surface area contributed by atoms with Crippen molar-refractivity contribution in [2.24, 2.45) is 0 Å². The van der Waals surface area contributed by atoms with Crippen molar-refractivity contribution >= 4 is 15.9 Å². The van der Waals surface area contributed by atoms with Crippen LogP contribution in [0.4, 0.5) is 0 Å². The van der Waals surface area contributed by atoms with Gasteiger partial charge in [0.1, 0.15) is 18.1 Å². The maximum absolute atomic E-state index is 5.76. The Morgan fingerprint density at radius 2 is 1.68 bits per heavy atom. The average Bonchev–Trinajstić information content (AvgIpc) is 2.46. The lowest BCUT2D eigenvalue weighted by molar-refractivity contribution is 0.306. The lowest BCUT2D eigenvalue weighted by Crippen LogP contribution is -1.96. The van der Waals surface area contributed by atoms with E-state index >= 15 is 0 Å². The highest BCUT2D eigenvalue weighted by molar-refractivity contribution is 9.10. The monoisotopic (exact) mass is 320 g/mol. The van der Waals surface area contributed by atoms with E-state index in [0.717, 1.165) is 28.0 Å². The second-order valence-electron chi connectivity index (χ2n) is 4.26. The van der Waals surface area contributed by atoms with Crippen LogP contribution < -0.4 is 9.47 Å². The summed E-state index contributed by atoms with van der Waals surface area (Å²) in [7, 11) is 1.66. The van der Waals surface area contributed by atoms with Gasteiger partial charge in [-0.2, -0.15) is 0 Å². The molecule has 0 heterocycles. The molecule has 0 saturated carbocycles. The van der Waals surface area contributed by atoms with Crippen LogP contribution in [0.15, 0.2) is 46.9 Å². The molecule has 0 aromatic heterocycles. The first-order valence-electron chi connectivity index (χ1n) is 6.27. The summed E-state index contributed by atoms with van der Waals surface area (Å²) in [6, 6.07) is 14.2. The molecular weight excluding hydrogens is 304 g/mol. The van der Waals surface area contributed by atoms with Crippen LogP contribution in [0.3, 0.4) is 0 Å². The predicted octanol–water partition coefficient (Wildman–Crippen LogP) is 4.60. The number of halogens is 1. The first-order valence-corrected chi connectivity index (χ1v) is 7.06. The number of aryl methyl sites for hydroxylation is 1. The molecule has 0 N–H and O–H groups in total. The maximum atomic E-state index is 5.76. The molecule has 0 aliphatic rings. The van der Waals surface area contributed by atoms with E-state index in [1.807, 2.05) is 30.3 Å².